The van der Waals surface area contributed by atoms with Gasteiger partial charge >= 0.3 is 5.97 Å². The van der Waals surface area contributed by atoms with Crippen LogP contribution in [0.1, 0.15) is 81.1 Å². The molecular weight excluding hydrogens is 382 g/mol. The van der Waals surface area contributed by atoms with Crippen molar-refractivity contribution >= 4 is 23.9 Å². The highest BCUT2D eigenvalue weighted by Gasteiger charge is 2.34. The fourth-order valence-electron chi connectivity index (χ4n) is 2.96. The molecule has 0 aliphatic carbocycles. The second-order valence-corrected chi connectivity index (χ2v) is 10.7. The lowest BCUT2D eigenvalue weighted by Gasteiger charge is -2.35. The van der Waals surface area contributed by atoms with Gasteiger partial charge in [-0.05, 0) is 38.5 Å². The first-order valence-corrected chi connectivity index (χ1v) is 10.6. The van der Waals surface area contributed by atoms with E-state index in [-0.39, 0.29) is 23.2 Å². The lowest BCUT2D eigenvalue weighted by atomic mass is 9.80. The zero-order valence-corrected chi connectivity index (χ0v) is 19.4. The van der Waals surface area contributed by atoms with E-state index < -0.39 is 23.0 Å². The molecule has 28 heavy (non-hydrogen) atoms. The molecule has 0 saturated heterocycles. The summed E-state index contributed by atoms with van der Waals surface area (Å²) in [7, 11) is 0. The molecule has 0 aromatic carbocycles. The number of nitrogens with one attached hydrogen (secondary N) is 1. The topological polar surface area (TPSA) is 105 Å². The smallest absolute Gasteiger partial charge is 0.328 e. The number of hydrogen-bond donors (Lipinski definition) is 3. The normalized spacial score (nSPS) is 15.2. The Bertz CT molecular complexity index is 507. The molecule has 0 fully saturated rings. The summed E-state index contributed by atoms with van der Waals surface area (Å²) in [6, 6.07) is -1.11. The molecule has 0 spiro atoms. The summed E-state index contributed by atoms with van der Waals surface area (Å²) < 4.78 is 9.94. The number of carbonyl (C=O) groups is 2. The van der Waals surface area contributed by atoms with E-state index in [1.807, 2.05) is 20.8 Å². The monoisotopic (exact) mass is 421 g/mol. The molecule has 0 rings (SSSR count). The maximum atomic E-state index is 12.6. The average molecular weight is 422 g/mol. The number of carboxylic acid groups (broad SMARTS) is 1. The molecule has 0 heterocycles. The van der Waals surface area contributed by atoms with Crippen molar-refractivity contribution in [2.45, 2.75) is 98.0 Å². The van der Waals surface area contributed by atoms with Gasteiger partial charge < -0.3 is 15.2 Å². The summed E-state index contributed by atoms with van der Waals surface area (Å²) in [5.74, 6) is -1.45. The number of hydrogen-bond acceptors (Lipinski definition) is 6. The van der Waals surface area contributed by atoms with Crippen LogP contribution in [0.3, 0.4) is 0 Å². The van der Waals surface area contributed by atoms with Crippen molar-refractivity contribution < 1.29 is 29.0 Å². The molecule has 7 nitrogen and oxygen atoms in total. The van der Waals surface area contributed by atoms with Crippen molar-refractivity contribution in [3.8, 4) is 0 Å². The molecule has 0 radical (unpaired) electrons. The predicted octanol–water partition coefficient (Wildman–Crippen LogP) is 4.51. The summed E-state index contributed by atoms with van der Waals surface area (Å²) in [6.07, 6.45) is 2.94. The van der Waals surface area contributed by atoms with Crippen molar-refractivity contribution in [3.63, 3.8) is 0 Å². The lowest BCUT2D eigenvalue weighted by Crippen LogP contribution is -2.50. The molecule has 2 unspecified atom stereocenters. The Kier molecular flexibility index (Phi) is 11.0. The molecule has 1 amide bonds. The second-order valence-electron chi connectivity index (χ2n) is 9.53. The number of aliphatic carboxylic acids is 1. The highest BCUT2D eigenvalue weighted by molar-refractivity contribution is 7.95. The maximum absolute atomic E-state index is 12.6. The molecule has 0 aliphatic heterocycles. The van der Waals surface area contributed by atoms with Crippen LogP contribution in [-0.4, -0.2) is 45.7 Å². The van der Waals surface area contributed by atoms with Crippen molar-refractivity contribution in [2.75, 3.05) is 6.61 Å². The fraction of sp³-hybridized carbons (Fsp3) is 0.900. The highest BCUT2D eigenvalue weighted by Crippen LogP contribution is 2.33. The number of amides is 1. The average Bonchev–Trinajstić information content (AvgIpc) is 2.55. The first-order chi connectivity index (χ1) is 12.7. The van der Waals surface area contributed by atoms with Gasteiger partial charge in [0.25, 0.3) is 0 Å². The summed E-state index contributed by atoms with van der Waals surface area (Å²) in [4.78, 5) is 24.3. The van der Waals surface area contributed by atoms with E-state index in [1.54, 1.807) is 13.8 Å². The summed E-state index contributed by atoms with van der Waals surface area (Å²) in [6.45, 7) is 15.6. The minimum Gasteiger partial charge on any atom is -0.480 e. The molecular formula is C20H39NO6S. The van der Waals surface area contributed by atoms with Gasteiger partial charge in [0.05, 0.1) is 12.2 Å². The van der Waals surface area contributed by atoms with Gasteiger partial charge in [0.2, 0.25) is 5.91 Å². The first-order valence-electron chi connectivity index (χ1n) is 9.80. The Labute approximate surface area is 174 Å². The van der Waals surface area contributed by atoms with Crippen LogP contribution in [0.25, 0.3) is 0 Å². The molecule has 0 aromatic rings. The van der Waals surface area contributed by atoms with Gasteiger partial charge in [-0.25, -0.2) is 10.1 Å². The van der Waals surface area contributed by atoms with E-state index in [0.29, 0.717) is 12.8 Å². The third-order valence-corrected chi connectivity index (χ3v) is 5.75. The first kappa shape index (κ1) is 27.2. The van der Waals surface area contributed by atoms with Crippen LogP contribution in [0.4, 0.5) is 0 Å². The Morgan fingerprint density at radius 3 is 2.18 bits per heavy atom. The molecule has 0 bridgehead atoms. The number of carboxylic acids is 1. The van der Waals surface area contributed by atoms with E-state index in [0.717, 1.165) is 24.9 Å². The largest absolute Gasteiger partial charge is 0.480 e. The van der Waals surface area contributed by atoms with E-state index in [2.05, 4.69) is 30.4 Å². The second kappa shape index (κ2) is 11.4. The quantitative estimate of drug-likeness (QED) is 0.215. The highest BCUT2D eigenvalue weighted by atomic mass is 32.2. The number of carbonyl (C=O) groups excluding carboxylic acids is 1. The van der Waals surface area contributed by atoms with Crippen LogP contribution in [-0.2, 0) is 18.7 Å². The Morgan fingerprint density at radius 2 is 1.71 bits per heavy atom. The maximum Gasteiger partial charge on any atom is 0.328 e. The summed E-state index contributed by atoms with van der Waals surface area (Å²) >= 11 is 0.929. The van der Waals surface area contributed by atoms with Crippen molar-refractivity contribution in [3.05, 3.63) is 0 Å². The van der Waals surface area contributed by atoms with E-state index in [9.17, 15) is 14.7 Å². The third kappa shape index (κ3) is 10.6. The lowest BCUT2D eigenvalue weighted by molar-refractivity contribution is -0.148. The van der Waals surface area contributed by atoms with Gasteiger partial charge in [0.15, 0.2) is 6.04 Å². The molecule has 3 N–H and O–H groups in total. The fourth-order valence-corrected chi connectivity index (χ4v) is 3.33. The van der Waals surface area contributed by atoms with Gasteiger partial charge in [-0.3, -0.25) is 4.79 Å². The Balaban J connectivity index is 4.84. The minimum absolute atomic E-state index is 0.0124. The molecule has 0 saturated carbocycles. The van der Waals surface area contributed by atoms with Gasteiger partial charge in [0, 0.05) is 22.7 Å². The number of ether oxygens (including phenoxy) is 1. The van der Waals surface area contributed by atoms with Crippen LogP contribution in [0.15, 0.2) is 0 Å². The minimum atomic E-state index is -1.12. The van der Waals surface area contributed by atoms with Gasteiger partial charge in [-0.1, -0.05) is 48.0 Å². The number of rotatable bonds is 14. The van der Waals surface area contributed by atoms with Gasteiger partial charge in [-0.2, -0.15) is 4.33 Å². The molecule has 8 heteroatoms. The van der Waals surface area contributed by atoms with Crippen LogP contribution in [0, 0.1) is 10.8 Å². The van der Waals surface area contributed by atoms with Crippen LogP contribution >= 0.6 is 12.0 Å². The molecule has 0 aliphatic rings. The van der Waals surface area contributed by atoms with Crippen LogP contribution in [0.2, 0.25) is 0 Å². The van der Waals surface area contributed by atoms with Gasteiger partial charge in [-0.15, -0.1) is 0 Å². The Hall–Kier alpha value is -0.830. The molecule has 2 atom stereocenters. The summed E-state index contributed by atoms with van der Waals surface area (Å²) in [5.41, 5.74) is -1.16. The SMILES string of the molecule is CCC(C)(C)CC(C)(C)OCC(NC(=O)C(C)(C)CCC(C)SOO)C(=O)O. The van der Waals surface area contributed by atoms with Gasteiger partial charge in [0.1, 0.15) is 0 Å². The van der Waals surface area contributed by atoms with E-state index in [4.69, 9.17) is 9.99 Å². The zero-order valence-electron chi connectivity index (χ0n) is 18.6. The summed E-state index contributed by atoms with van der Waals surface area (Å²) in [5, 5.41) is 20.6. The van der Waals surface area contributed by atoms with Crippen LogP contribution < -0.4 is 5.32 Å². The molecule has 166 valence electrons. The van der Waals surface area contributed by atoms with Crippen molar-refractivity contribution in [1.29, 1.82) is 0 Å². The third-order valence-electron chi connectivity index (χ3n) is 5.10. The molecule has 0 aromatic heterocycles. The van der Waals surface area contributed by atoms with Crippen molar-refractivity contribution in [2.24, 2.45) is 10.8 Å². The standard InChI is InChI=1S/C20H39NO6S/c1-9-18(3,4)13-20(7,8)26-12-15(16(22)23)21-17(24)19(5,6)11-10-14(2)28-27-25/h14-15,25H,9-13H2,1-8H3,(H,21,24)(H,22,23). The van der Waals surface area contributed by atoms with Crippen molar-refractivity contribution in [1.82, 2.24) is 5.32 Å². The zero-order chi connectivity index (χ0) is 22.2. The Morgan fingerprint density at radius 1 is 1.14 bits per heavy atom. The predicted molar refractivity (Wildman–Crippen MR) is 112 cm³/mol. The van der Waals surface area contributed by atoms with E-state index >= 15 is 0 Å². The van der Waals surface area contributed by atoms with E-state index in [1.165, 1.54) is 0 Å². The van der Waals surface area contributed by atoms with Crippen LogP contribution in [0.5, 0.6) is 0 Å².